The molecule has 0 bridgehead atoms. The summed E-state index contributed by atoms with van der Waals surface area (Å²) in [6.07, 6.45) is 6.94. The molecule has 4 rings (SSSR count). The van der Waals surface area contributed by atoms with Gasteiger partial charge in [-0.2, -0.15) is 0 Å². The van der Waals surface area contributed by atoms with E-state index in [0.717, 1.165) is 40.9 Å². The molecule has 6 nitrogen and oxygen atoms in total. The Morgan fingerprint density at radius 1 is 0.967 bits per heavy atom. The minimum absolute atomic E-state index is 0.0747. The number of carbonyl (C=O) groups excluding carboxylic acids is 2. The molecule has 2 fully saturated rings. The molecular weight excluding hydrogens is 378 g/mol. The Labute approximate surface area is 178 Å². The number of amides is 2. The van der Waals surface area contributed by atoms with Crippen molar-refractivity contribution in [2.45, 2.75) is 58.4 Å². The minimum Gasteiger partial charge on any atom is -0.497 e. The van der Waals surface area contributed by atoms with Gasteiger partial charge in [-0.25, -0.2) is 0 Å². The van der Waals surface area contributed by atoms with E-state index in [1.54, 1.807) is 14.0 Å². The summed E-state index contributed by atoms with van der Waals surface area (Å²) in [4.78, 5) is 29.3. The highest BCUT2D eigenvalue weighted by molar-refractivity contribution is 6.09. The second-order valence-corrected chi connectivity index (χ2v) is 8.66. The lowest BCUT2D eigenvalue weighted by Gasteiger charge is -2.26. The third-order valence-corrected chi connectivity index (χ3v) is 6.84. The average Bonchev–Trinajstić information content (AvgIpc) is 2.90. The lowest BCUT2D eigenvalue weighted by atomic mass is 9.95. The number of benzene rings is 1. The number of hydrogen-bond donors (Lipinski definition) is 0. The quantitative estimate of drug-likeness (QED) is 0.762. The maximum Gasteiger partial charge on any atom is 0.256 e. The van der Waals surface area contributed by atoms with Crippen LogP contribution in [0.15, 0.2) is 18.2 Å². The molecule has 2 aliphatic rings. The van der Waals surface area contributed by atoms with Crippen LogP contribution in [-0.4, -0.2) is 59.5 Å². The first-order valence-electron chi connectivity index (χ1n) is 11.2. The highest BCUT2D eigenvalue weighted by atomic mass is 16.5. The van der Waals surface area contributed by atoms with Crippen LogP contribution in [0.25, 0.3) is 10.9 Å². The fourth-order valence-electron chi connectivity index (χ4n) is 5.22. The van der Waals surface area contributed by atoms with E-state index in [-0.39, 0.29) is 11.8 Å². The smallest absolute Gasteiger partial charge is 0.256 e. The van der Waals surface area contributed by atoms with Crippen molar-refractivity contribution >= 4 is 22.7 Å². The van der Waals surface area contributed by atoms with Crippen molar-refractivity contribution in [3.63, 3.8) is 0 Å². The Morgan fingerprint density at radius 3 is 2.37 bits per heavy atom. The van der Waals surface area contributed by atoms with Gasteiger partial charge in [0.1, 0.15) is 5.75 Å². The number of rotatable bonds is 3. The summed E-state index contributed by atoms with van der Waals surface area (Å²) in [5.41, 5.74) is 2.98. The van der Waals surface area contributed by atoms with Crippen molar-refractivity contribution < 1.29 is 14.3 Å². The highest BCUT2D eigenvalue weighted by Crippen LogP contribution is 2.37. The Kier molecular flexibility index (Phi) is 6.02. The number of aromatic nitrogens is 1. The molecule has 0 spiro atoms. The molecule has 2 aromatic rings. The summed E-state index contributed by atoms with van der Waals surface area (Å²) in [6.45, 7) is 6.28. The fourth-order valence-corrected chi connectivity index (χ4v) is 5.22. The van der Waals surface area contributed by atoms with Crippen LogP contribution < -0.4 is 4.74 Å². The van der Waals surface area contributed by atoms with Gasteiger partial charge in [-0.3, -0.25) is 9.59 Å². The van der Waals surface area contributed by atoms with Gasteiger partial charge in [-0.15, -0.1) is 0 Å². The van der Waals surface area contributed by atoms with Crippen LogP contribution in [0, 0.1) is 6.92 Å². The summed E-state index contributed by atoms with van der Waals surface area (Å²) in [5, 5.41) is 0.982. The number of fused-ring (bicyclic) bond motifs is 1. The number of carbonyl (C=O) groups is 2. The largest absolute Gasteiger partial charge is 0.497 e. The molecule has 0 N–H and O–H groups in total. The van der Waals surface area contributed by atoms with E-state index in [2.05, 4.69) is 17.6 Å². The van der Waals surface area contributed by atoms with Gasteiger partial charge in [-0.05, 0) is 44.4 Å². The standard InChI is InChI=1S/C24H33N3O3/c1-17-23(24(29)26-13-7-12-25(14-15-26)18(2)28)21-16-20(30-3)10-11-22(21)27(17)19-8-5-4-6-9-19/h10-11,16,19H,4-9,12-15H2,1-3H3. The first kappa shape index (κ1) is 20.8. The zero-order valence-electron chi connectivity index (χ0n) is 18.4. The average molecular weight is 412 g/mol. The van der Waals surface area contributed by atoms with Gasteiger partial charge >= 0.3 is 0 Å². The van der Waals surface area contributed by atoms with Crippen LogP contribution in [0.2, 0.25) is 0 Å². The number of nitrogens with zero attached hydrogens (tertiary/aromatic N) is 3. The van der Waals surface area contributed by atoms with Crippen molar-refractivity contribution in [2.75, 3.05) is 33.3 Å². The molecule has 1 aromatic heterocycles. The van der Waals surface area contributed by atoms with Crippen LogP contribution in [-0.2, 0) is 4.79 Å². The Morgan fingerprint density at radius 2 is 1.67 bits per heavy atom. The SMILES string of the molecule is COc1ccc2c(c1)c(C(=O)N1CCCN(C(C)=O)CC1)c(C)n2C1CCCCC1. The van der Waals surface area contributed by atoms with Gasteiger partial charge in [0.25, 0.3) is 5.91 Å². The second-order valence-electron chi connectivity index (χ2n) is 8.66. The summed E-state index contributed by atoms with van der Waals surface area (Å²) in [7, 11) is 1.67. The second kappa shape index (κ2) is 8.70. The molecule has 162 valence electrons. The highest BCUT2D eigenvalue weighted by Gasteiger charge is 2.29. The zero-order chi connectivity index (χ0) is 21.3. The van der Waals surface area contributed by atoms with Crippen LogP contribution in [0.3, 0.4) is 0 Å². The maximum absolute atomic E-state index is 13.7. The van der Waals surface area contributed by atoms with Crippen molar-refractivity contribution in [1.82, 2.24) is 14.4 Å². The van der Waals surface area contributed by atoms with E-state index in [0.29, 0.717) is 25.7 Å². The van der Waals surface area contributed by atoms with Gasteiger partial charge in [0.05, 0.1) is 12.7 Å². The third kappa shape index (κ3) is 3.80. The van der Waals surface area contributed by atoms with Crippen LogP contribution in [0.4, 0.5) is 0 Å². The molecule has 0 radical (unpaired) electrons. The van der Waals surface area contributed by atoms with Crippen molar-refractivity contribution in [3.05, 3.63) is 29.5 Å². The van der Waals surface area contributed by atoms with Crippen LogP contribution in [0.1, 0.15) is 67.5 Å². The third-order valence-electron chi connectivity index (χ3n) is 6.84. The molecule has 1 saturated heterocycles. The van der Waals surface area contributed by atoms with E-state index in [1.165, 1.54) is 32.1 Å². The maximum atomic E-state index is 13.7. The molecule has 2 amide bonds. The van der Waals surface area contributed by atoms with E-state index in [1.807, 2.05) is 21.9 Å². The van der Waals surface area contributed by atoms with Crippen molar-refractivity contribution in [1.29, 1.82) is 0 Å². The van der Waals surface area contributed by atoms with Gasteiger partial charge in [0.15, 0.2) is 0 Å². The van der Waals surface area contributed by atoms with Crippen LogP contribution >= 0.6 is 0 Å². The summed E-state index contributed by atoms with van der Waals surface area (Å²) >= 11 is 0. The molecule has 1 aliphatic heterocycles. The predicted octanol–water partition coefficient (Wildman–Crippen LogP) is 4.16. The monoisotopic (exact) mass is 411 g/mol. The summed E-state index contributed by atoms with van der Waals surface area (Å²) < 4.78 is 7.88. The molecule has 0 unspecified atom stereocenters. The number of hydrogen-bond acceptors (Lipinski definition) is 3. The summed E-state index contributed by atoms with van der Waals surface area (Å²) in [5.74, 6) is 0.931. The Balaban J connectivity index is 1.74. The van der Waals surface area contributed by atoms with E-state index in [4.69, 9.17) is 4.74 Å². The normalized spacial score (nSPS) is 18.5. The molecular formula is C24H33N3O3. The van der Waals surface area contributed by atoms with Gasteiger partial charge in [-0.1, -0.05) is 19.3 Å². The Bertz CT molecular complexity index is 943. The molecule has 1 saturated carbocycles. The zero-order valence-corrected chi connectivity index (χ0v) is 18.4. The molecule has 30 heavy (non-hydrogen) atoms. The Hall–Kier alpha value is -2.50. The molecule has 6 heteroatoms. The summed E-state index contributed by atoms with van der Waals surface area (Å²) in [6, 6.07) is 6.56. The van der Waals surface area contributed by atoms with Crippen molar-refractivity contribution in [3.8, 4) is 5.75 Å². The lowest BCUT2D eigenvalue weighted by Crippen LogP contribution is -2.36. The molecule has 1 aliphatic carbocycles. The van der Waals surface area contributed by atoms with E-state index >= 15 is 0 Å². The molecule has 1 aromatic carbocycles. The topological polar surface area (TPSA) is 54.8 Å². The van der Waals surface area contributed by atoms with Crippen molar-refractivity contribution in [2.24, 2.45) is 0 Å². The van der Waals surface area contributed by atoms with Gasteiger partial charge in [0, 0.05) is 55.7 Å². The molecule has 2 heterocycles. The lowest BCUT2D eigenvalue weighted by molar-refractivity contribution is -0.128. The predicted molar refractivity (Wildman–Crippen MR) is 118 cm³/mol. The number of ether oxygens (including phenoxy) is 1. The first-order chi connectivity index (χ1) is 14.5. The van der Waals surface area contributed by atoms with Crippen LogP contribution in [0.5, 0.6) is 5.75 Å². The minimum atomic E-state index is 0.0747. The van der Waals surface area contributed by atoms with Gasteiger partial charge in [0.2, 0.25) is 5.91 Å². The molecule has 0 atom stereocenters. The van der Waals surface area contributed by atoms with E-state index < -0.39 is 0 Å². The first-order valence-corrected chi connectivity index (χ1v) is 11.2. The van der Waals surface area contributed by atoms with Gasteiger partial charge < -0.3 is 19.1 Å². The fraction of sp³-hybridized carbons (Fsp3) is 0.583. The number of methoxy groups -OCH3 is 1. The van der Waals surface area contributed by atoms with E-state index in [9.17, 15) is 9.59 Å².